The summed E-state index contributed by atoms with van der Waals surface area (Å²) in [4.78, 5) is 22.6. The number of hydroxylamine groups is 3. The SMILES string of the molecule is CC[N+](CC)(CC)O[P@]1(=S)OCC2O[C@@H](n3cnc4c(=O)[nH]c(N)nc43)[C@@H](O)C2O1. The van der Waals surface area contributed by atoms with Crippen LogP contribution in [0.4, 0.5) is 5.95 Å². The van der Waals surface area contributed by atoms with Crippen molar-refractivity contribution >= 4 is 35.6 Å². The van der Waals surface area contributed by atoms with Crippen molar-refractivity contribution in [3.63, 3.8) is 0 Å². The zero-order chi connectivity index (χ0) is 21.7. The van der Waals surface area contributed by atoms with Crippen molar-refractivity contribution in [3.05, 3.63) is 16.7 Å². The Balaban J connectivity index is 1.60. The number of aromatic nitrogens is 4. The van der Waals surface area contributed by atoms with Crippen molar-refractivity contribution in [1.82, 2.24) is 19.5 Å². The molecular formula is C16H26N6O6PS+. The standard InChI is InChI=1S/C16H25N6O6PS/c1-4-22(5-2,6-3)28-29(30)25-7-9-12(27-29)11(23)15(26-9)21-8-18-10-13(21)19-16(17)20-14(10)24/h8-9,11-12,15,23H,4-7H2,1-3H3,(H2-,17,19,20,24)/p+1/t9?,11-,12?,15+,29-/m0/s1. The van der Waals surface area contributed by atoms with Crippen LogP contribution in [0.1, 0.15) is 27.0 Å². The molecule has 2 aromatic rings. The fourth-order valence-electron chi connectivity index (χ4n) is 3.79. The van der Waals surface area contributed by atoms with E-state index in [1.165, 1.54) is 10.9 Å². The molecule has 0 saturated carbocycles. The molecular weight excluding hydrogens is 435 g/mol. The predicted molar refractivity (Wildman–Crippen MR) is 111 cm³/mol. The molecule has 5 atom stereocenters. The van der Waals surface area contributed by atoms with Gasteiger partial charge in [0.25, 0.3) is 5.56 Å². The molecule has 30 heavy (non-hydrogen) atoms. The van der Waals surface area contributed by atoms with Gasteiger partial charge in [0.1, 0.15) is 37.9 Å². The molecule has 4 heterocycles. The lowest BCUT2D eigenvalue weighted by atomic mass is 10.1. The largest absolute Gasteiger partial charge is 0.386 e. The summed E-state index contributed by atoms with van der Waals surface area (Å²) in [6.45, 7) is 5.15. The van der Waals surface area contributed by atoms with E-state index in [4.69, 9.17) is 35.9 Å². The van der Waals surface area contributed by atoms with Crippen LogP contribution >= 0.6 is 6.72 Å². The van der Waals surface area contributed by atoms with Gasteiger partial charge in [0.05, 0.1) is 12.9 Å². The first-order valence-electron chi connectivity index (χ1n) is 9.81. The van der Waals surface area contributed by atoms with Crippen molar-refractivity contribution in [3.8, 4) is 0 Å². The fraction of sp³-hybridized carbons (Fsp3) is 0.688. The lowest BCUT2D eigenvalue weighted by Crippen LogP contribution is -2.48. The number of ether oxygens (including phenoxy) is 1. The summed E-state index contributed by atoms with van der Waals surface area (Å²) >= 11 is 5.60. The Hall–Kier alpha value is -1.44. The van der Waals surface area contributed by atoms with E-state index in [0.717, 1.165) is 0 Å². The van der Waals surface area contributed by atoms with E-state index >= 15 is 0 Å². The number of aliphatic hydroxyl groups is 1. The van der Waals surface area contributed by atoms with Gasteiger partial charge in [-0.2, -0.15) is 9.63 Å². The second kappa shape index (κ2) is 7.92. The normalized spacial score (nSPS) is 31.9. The van der Waals surface area contributed by atoms with Crippen LogP contribution in [0.5, 0.6) is 0 Å². The molecule has 0 radical (unpaired) electrons. The van der Waals surface area contributed by atoms with Crippen molar-refractivity contribution in [2.75, 3.05) is 32.0 Å². The van der Waals surface area contributed by atoms with Gasteiger partial charge >= 0.3 is 6.72 Å². The van der Waals surface area contributed by atoms with Gasteiger partial charge in [0.15, 0.2) is 17.4 Å². The number of imidazole rings is 1. The molecule has 0 aliphatic carbocycles. The van der Waals surface area contributed by atoms with Crippen LogP contribution in [0.3, 0.4) is 0 Å². The first kappa shape index (κ1) is 21.8. The number of fused-ring (bicyclic) bond motifs is 2. The van der Waals surface area contributed by atoms with Gasteiger partial charge in [-0.25, -0.2) is 4.98 Å². The molecule has 2 unspecified atom stereocenters. The molecule has 2 saturated heterocycles. The second-order valence-electron chi connectivity index (χ2n) is 7.23. The zero-order valence-corrected chi connectivity index (χ0v) is 18.6. The Kier molecular flexibility index (Phi) is 5.75. The van der Waals surface area contributed by atoms with E-state index in [9.17, 15) is 9.90 Å². The van der Waals surface area contributed by atoms with Crippen LogP contribution in [0.15, 0.2) is 11.1 Å². The van der Waals surface area contributed by atoms with E-state index < -0.39 is 36.8 Å². The summed E-state index contributed by atoms with van der Waals surface area (Å²) in [5.74, 6) is -0.0598. The van der Waals surface area contributed by atoms with E-state index in [1.54, 1.807) is 0 Å². The highest BCUT2D eigenvalue weighted by Gasteiger charge is 2.54. The summed E-state index contributed by atoms with van der Waals surface area (Å²) in [6, 6.07) is 0. The number of nitrogen functional groups attached to an aromatic ring is 1. The Morgan fingerprint density at radius 2 is 2.13 bits per heavy atom. The Labute approximate surface area is 177 Å². The Bertz CT molecular complexity index is 1030. The minimum absolute atomic E-state index is 0.0598. The molecule has 0 bridgehead atoms. The van der Waals surface area contributed by atoms with Gasteiger partial charge in [-0.1, -0.05) is 0 Å². The summed E-state index contributed by atoms with van der Waals surface area (Å²) in [5, 5.41) is 11.0. The topological polar surface area (TPSA) is 147 Å². The number of anilines is 1. The van der Waals surface area contributed by atoms with Crippen LogP contribution in [0.2, 0.25) is 0 Å². The molecule has 4 N–H and O–H groups in total. The Morgan fingerprint density at radius 1 is 1.43 bits per heavy atom. The first-order valence-corrected chi connectivity index (χ1v) is 12.4. The summed E-state index contributed by atoms with van der Waals surface area (Å²) in [5.41, 5.74) is 5.48. The minimum Gasteiger partial charge on any atom is -0.386 e. The van der Waals surface area contributed by atoms with Crippen LogP contribution in [-0.2, 0) is 30.2 Å². The highest BCUT2D eigenvalue weighted by Crippen LogP contribution is 2.58. The number of aromatic amines is 1. The third-order valence-corrected chi connectivity index (χ3v) is 7.97. The average molecular weight is 461 g/mol. The minimum atomic E-state index is -3.11. The molecule has 2 aromatic heterocycles. The third kappa shape index (κ3) is 3.59. The average Bonchev–Trinajstić information content (AvgIpc) is 3.27. The molecule has 12 nitrogen and oxygen atoms in total. The number of rotatable bonds is 6. The molecule has 2 fully saturated rings. The van der Waals surface area contributed by atoms with E-state index in [0.29, 0.717) is 24.3 Å². The van der Waals surface area contributed by atoms with Crippen molar-refractivity contribution < 1.29 is 28.2 Å². The zero-order valence-electron chi connectivity index (χ0n) is 16.9. The monoisotopic (exact) mass is 461 g/mol. The smallest absolute Gasteiger partial charge is 0.381 e. The van der Waals surface area contributed by atoms with Gasteiger partial charge in [-0.15, -0.1) is 4.62 Å². The van der Waals surface area contributed by atoms with Gasteiger partial charge in [0.2, 0.25) is 5.95 Å². The molecule has 166 valence electrons. The molecule has 4 rings (SSSR count). The van der Waals surface area contributed by atoms with Crippen molar-refractivity contribution in [2.24, 2.45) is 0 Å². The maximum Gasteiger partial charge on any atom is 0.381 e. The van der Waals surface area contributed by atoms with Crippen LogP contribution in [0, 0.1) is 0 Å². The van der Waals surface area contributed by atoms with E-state index in [1.807, 2.05) is 20.8 Å². The van der Waals surface area contributed by atoms with Crippen LogP contribution in [-0.4, -0.2) is 73.8 Å². The Morgan fingerprint density at radius 3 is 2.80 bits per heavy atom. The highest BCUT2D eigenvalue weighted by molar-refractivity contribution is 8.07. The van der Waals surface area contributed by atoms with Gasteiger partial charge in [0, 0.05) is 0 Å². The molecule has 0 aromatic carbocycles. The first-order chi connectivity index (χ1) is 14.2. The van der Waals surface area contributed by atoms with E-state index in [-0.39, 0.29) is 23.7 Å². The molecule has 0 spiro atoms. The summed E-state index contributed by atoms with van der Waals surface area (Å²) < 4.78 is 25.7. The van der Waals surface area contributed by atoms with Gasteiger partial charge in [-0.3, -0.25) is 18.9 Å². The number of hydrogen-bond donors (Lipinski definition) is 3. The van der Waals surface area contributed by atoms with Crippen molar-refractivity contribution in [2.45, 2.75) is 45.3 Å². The van der Waals surface area contributed by atoms with Gasteiger partial charge < -0.3 is 20.1 Å². The van der Waals surface area contributed by atoms with E-state index in [2.05, 4.69) is 15.0 Å². The summed E-state index contributed by atoms with van der Waals surface area (Å²) in [7, 11) is 0. The molecule has 0 amide bonds. The molecule has 2 aliphatic rings. The predicted octanol–water partition coefficient (Wildman–Crippen LogP) is 0.408. The fourth-order valence-corrected chi connectivity index (χ4v) is 6.50. The number of nitrogens with zero attached hydrogens (tertiary/aromatic N) is 4. The molecule has 2 aliphatic heterocycles. The highest BCUT2D eigenvalue weighted by atomic mass is 32.5. The maximum atomic E-state index is 12.0. The summed E-state index contributed by atoms with van der Waals surface area (Å²) in [6.07, 6.45) is -1.94. The number of nitrogens with one attached hydrogen (secondary N) is 1. The van der Waals surface area contributed by atoms with Crippen LogP contribution < -0.4 is 11.3 Å². The maximum absolute atomic E-state index is 12.0. The number of quaternary nitrogens is 1. The van der Waals surface area contributed by atoms with Crippen molar-refractivity contribution in [1.29, 1.82) is 0 Å². The lowest BCUT2D eigenvalue weighted by Gasteiger charge is -2.39. The quantitative estimate of drug-likeness (QED) is 0.314. The van der Waals surface area contributed by atoms with Gasteiger partial charge in [-0.05, 0) is 32.6 Å². The third-order valence-electron chi connectivity index (χ3n) is 5.68. The number of aliphatic hydroxyl groups excluding tert-OH is 1. The molecule has 14 heteroatoms. The lowest BCUT2D eigenvalue weighted by molar-refractivity contribution is -1.08. The van der Waals surface area contributed by atoms with Crippen LogP contribution in [0.25, 0.3) is 11.2 Å². The number of H-pyrrole nitrogens is 1. The second-order valence-corrected chi connectivity index (χ2v) is 10.1. The number of nitrogens with two attached hydrogens (primary N) is 1. The number of hydrogen-bond acceptors (Lipinski definition) is 10.